The van der Waals surface area contributed by atoms with E-state index in [1.54, 1.807) is 20.0 Å². The number of aromatic nitrogens is 2. The second kappa shape index (κ2) is 8.85. The number of esters is 1. The Morgan fingerprint density at radius 2 is 2.29 bits per heavy atom. The molecule has 2 atom stereocenters. The van der Waals surface area contributed by atoms with Gasteiger partial charge in [0.15, 0.2) is 0 Å². The number of nitriles is 1. The lowest BCUT2D eigenvalue weighted by Crippen LogP contribution is -2.46. The van der Waals surface area contributed by atoms with Crippen LogP contribution in [-0.4, -0.2) is 47.0 Å². The standard InChI is InChI=1S/C20H25N5O3/c1-12(2)28-20(27)16-10-24-19-15(5-8-23-19)18(16)25-17-11-22-7-4-13(17)9-14(26)3-6-21/h5,8,10,12-13,17,22H,3-4,7,9,11H2,1-2H3,(H2,23,24,25)/t13-,17+/m1/s1. The molecule has 8 heteroatoms. The Labute approximate surface area is 163 Å². The molecule has 3 N–H and O–H groups in total. The Morgan fingerprint density at radius 1 is 1.46 bits per heavy atom. The lowest BCUT2D eigenvalue weighted by atomic mass is 9.87. The number of H-pyrrole nitrogens is 1. The van der Waals surface area contributed by atoms with Crippen molar-refractivity contribution >= 4 is 28.5 Å². The number of anilines is 1. The van der Waals surface area contributed by atoms with Crippen molar-refractivity contribution in [2.24, 2.45) is 5.92 Å². The molecule has 0 aliphatic carbocycles. The van der Waals surface area contributed by atoms with Gasteiger partial charge in [-0.3, -0.25) is 4.79 Å². The van der Waals surface area contributed by atoms with E-state index < -0.39 is 5.97 Å². The lowest BCUT2D eigenvalue weighted by Gasteiger charge is -2.33. The SMILES string of the molecule is CC(C)OC(=O)c1cnc2[nH]ccc2c1N[C@H]1CNCC[C@@H]1CC(=O)CC#N. The van der Waals surface area contributed by atoms with Gasteiger partial charge in [-0.2, -0.15) is 5.26 Å². The van der Waals surface area contributed by atoms with E-state index in [2.05, 4.69) is 20.6 Å². The third kappa shape index (κ3) is 4.49. The number of fused-ring (bicyclic) bond motifs is 1. The zero-order chi connectivity index (χ0) is 20.1. The molecule has 2 aromatic heterocycles. The van der Waals surface area contributed by atoms with Gasteiger partial charge in [-0.1, -0.05) is 0 Å². The second-order valence-corrected chi connectivity index (χ2v) is 7.32. The third-order valence-electron chi connectivity index (χ3n) is 4.87. The van der Waals surface area contributed by atoms with Crippen LogP contribution in [0.1, 0.15) is 43.5 Å². The van der Waals surface area contributed by atoms with E-state index in [1.165, 1.54) is 6.20 Å². The molecule has 0 bridgehead atoms. The number of carbonyl (C=O) groups is 2. The average molecular weight is 383 g/mol. The Balaban J connectivity index is 1.90. The zero-order valence-electron chi connectivity index (χ0n) is 16.1. The summed E-state index contributed by atoms with van der Waals surface area (Å²) in [6, 6.07) is 3.74. The minimum atomic E-state index is -0.436. The summed E-state index contributed by atoms with van der Waals surface area (Å²) in [4.78, 5) is 32.0. The van der Waals surface area contributed by atoms with Crippen LogP contribution in [0.25, 0.3) is 11.0 Å². The van der Waals surface area contributed by atoms with Crippen LogP contribution < -0.4 is 10.6 Å². The van der Waals surface area contributed by atoms with Gasteiger partial charge in [-0.15, -0.1) is 0 Å². The van der Waals surface area contributed by atoms with E-state index in [0.29, 0.717) is 29.9 Å². The monoisotopic (exact) mass is 383 g/mol. The molecular weight excluding hydrogens is 358 g/mol. The molecule has 3 rings (SSSR count). The Bertz CT molecular complexity index is 899. The smallest absolute Gasteiger partial charge is 0.342 e. The number of piperidine rings is 1. The molecule has 0 spiro atoms. The highest BCUT2D eigenvalue weighted by molar-refractivity contribution is 6.04. The van der Waals surface area contributed by atoms with Crippen LogP contribution in [-0.2, 0) is 9.53 Å². The van der Waals surface area contributed by atoms with Crippen LogP contribution in [0.3, 0.4) is 0 Å². The Kier molecular flexibility index (Phi) is 6.26. The highest BCUT2D eigenvalue weighted by Crippen LogP contribution is 2.30. The summed E-state index contributed by atoms with van der Waals surface area (Å²) in [5.41, 5.74) is 1.70. The van der Waals surface area contributed by atoms with Crippen LogP contribution >= 0.6 is 0 Å². The normalized spacial score (nSPS) is 19.4. The minimum Gasteiger partial charge on any atom is -0.459 e. The number of pyridine rings is 1. The maximum Gasteiger partial charge on any atom is 0.342 e. The molecule has 148 valence electrons. The van der Waals surface area contributed by atoms with Gasteiger partial charge in [0.1, 0.15) is 17.0 Å². The van der Waals surface area contributed by atoms with Crippen molar-refractivity contribution in [3.63, 3.8) is 0 Å². The average Bonchev–Trinajstić information content (AvgIpc) is 3.12. The quantitative estimate of drug-likeness (QED) is 0.628. The van der Waals surface area contributed by atoms with Gasteiger partial charge in [0.2, 0.25) is 0 Å². The Morgan fingerprint density at radius 3 is 3.04 bits per heavy atom. The van der Waals surface area contributed by atoms with Crippen molar-refractivity contribution in [2.45, 2.75) is 45.3 Å². The summed E-state index contributed by atoms with van der Waals surface area (Å²) in [5.74, 6) is -0.408. The summed E-state index contributed by atoms with van der Waals surface area (Å²) in [7, 11) is 0. The lowest BCUT2D eigenvalue weighted by molar-refractivity contribution is -0.119. The van der Waals surface area contributed by atoms with Gasteiger partial charge in [0.25, 0.3) is 0 Å². The van der Waals surface area contributed by atoms with Gasteiger partial charge in [0.05, 0.1) is 24.3 Å². The molecule has 3 heterocycles. The van der Waals surface area contributed by atoms with Crippen molar-refractivity contribution in [3.05, 3.63) is 24.0 Å². The molecule has 0 unspecified atom stereocenters. The first-order valence-electron chi connectivity index (χ1n) is 9.52. The first-order chi connectivity index (χ1) is 13.5. The van der Waals surface area contributed by atoms with Gasteiger partial charge in [-0.25, -0.2) is 9.78 Å². The van der Waals surface area contributed by atoms with Crippen LogP contribution in [0.4, 0.5) is 5.69 Å². The fourth-order valence-corrected chi connectivity index (χ4v) is 3.56. The number of hydrogen-bond acceptors (Lipinski definition) is 7. The topological polar surface area (TPSA) is 120 Å². The minimum absolute atomic E-state index is 0.0532. The highest BCUT2D eigenvalue weighted by atomic mass is 16.5. The first kappa shape index (κ1) is 19.8. The Hall–Kier alpha value is -2.92. The van der Waals surface area contributed by atoms with Crippen molar-refractivity contribution in [1.82, 2.24) is 15.3 Å². The van der Waals surface area contributed by atoms with Crippen LogP contribution in [0.5, 0.6) is 0 Å². The predicted octanol–water partition coefficient (Wildman–Crippen LogP) is 2.39. The van der Waals surface area contributed by atoms with Gasteiger partial charge in [0, 0.05) is 36.8 Å². The molecule has 28 heavy (non-hydrogen) atoms. The van der Waals surface area contributed by atoms with Crippen molar-refractivity contribution < 1.29 is 14.3 Å². The zero-order valence-corrected chi connectivity index (χ0v) is 16.1. The van der Waals surface area contributed by atoms with E-state index in [4.69, 9.17) is 10.00 Å². The van der Waals surface area contributed by atoms with Crippen LogP contribution in [0.15, 0.2) is 18.5 Å². The largest absolute Gasteiger partial charge is 0.459 e. The molecule has 1 saturated heterocycles. The fraction of sp³-hybridized carbons (Fsp3) is 0.500. The summed E-state index contributed by atoms with van der Waals surface area (Å²) >= 11 is 0. The predicted molar refractivity (Wildman–Crippen MR) is 105 cm³/mol. The fourth-order valence-electron chi connectivity index (χ4n) is 3.56. The summed E-state index contributed by atoms with van der Waals surface area (Å²) in [6.07, 6.45) is 4.14. The van der Waals surface area contributed by atoms with E-state index in [1.807, 2.05) is 12.1 Å². The number of ketones is 1. The van der Waals surface area contributed by atoms with Gasteiger partial charge >= 0.3 is 5.97 Å². The number of ether oxygens (including phenoxy) is 1. The number of aromatic amines is 1. The first-order valence-corrected chi connectivity index (χ1v) is 9.52. The highest BCUT2D eigenvalue weighted by Gasteiger charge is 2.29. The van der Waals surface area contributed by atoms with Crippen LogP contribution in [0.2, 0.25) is 0 Å². The number of rotatable bonds is 7. The molecular formula is C20H25N5O3. The van der Waals surface area contributed by atoms with Gasteiger partial charge in [-0.05, 0) is 38.8 Å². The molecule has 1 aliphatic heterocycles. The molecule has 0 amide bonds. The van der Waals surface area contributed by atoms with Gasteiger partial charge < -0.3 is 20.4 Å². The van der Waals surface area contributed by atoms with E-state index in [9.17, 15) is 9.59 Å². The summed E-state index contributed by atoms with van der Waals surface area (Å²) in [6.45, 7) is 5.09. The second-order valence-electron chi connectivity index (χ2n) is 7.32. The summed E-state index contributed by atoms with van der Waals surface area (Å²) < 4.78 is 5.38. The van der Waals surface area contributed by atoms with Crippen molar-refractivity contribution in [2.75, 3.05) is 18.4 Å². The maximum absolute atomic E-state index is 12.6. The molecule has 0 saturated carbocycles. The van der Waals surface area contributed by atoms with E-state index >= 15 is 0 Å². The molecule has 2 aromatic rings. The molecule has 0 aromatic carbocycles. The van der Waals surface area contributed by atoms with Crippen molar-refractivity contribution in [1.29, 1.82) is 5.26 Å². The number of nitrogens with one attached hydrogen (secondary N) is 3. The van der Waals surface area contributed by atoms with Crippen LogP contribution in [0, 0.1) is 17.2 Å². The maximum atomic E-state index is 12.6. The third-order valence-corrected chi connectivity index (χ3v) is 4.87. The molecule has 8 nitrogen and oxygen atoms in total. The van der Waals surface area contributed by atoms with E-state index in [0.717, 1.165) is 18.4 Å². The number of hydrogen-bond donors (Lipinski definition) is 3. The number of nitrogens with zero attached hydrogens (tertiary/aromatic N) is 2. The summed E-state index contributed by atoms with van der Waals surface area (Å²) in [5, 5.41) is 16.4. The molecule has 0 radical (unpaired) electrons. The van der Waals surface area contributed by atoms with E-state index in [-0.39, 0.29) is 30.3 Å². The molecule has 1 fully saturated rings. The van der Waals surface area contributed by atoms with Crippen molar-refractivity contribution in [3.8, 4) is 6.07 Å². The molecule has 1 aliphatic rings. The number of Topliss-reactive ketones (excluding diaryl/α,β-unsaturated/α-hetero) is 1. The number of carbonyl (C=O) groups excluding carboxylic acids is 2.